The summed E-state index contributed by atoms with van der Waals surface area (Å²) in [6.45, 7) is 4.82. The second-order valence-electron chi connectivity index (χ2n) is 5.31. The maximum Gasteiger partial charge on any atom is 0.0112 e. The zero-order valence-corrected chi connectivity index (χ0v) is 12.9. The molecule has 0 saturated carbocycles. The molecule has 0 aliphatic carbocycles. The van der Waals surface area contributed by atoms with Crippen LogP contribution in [0.4, 0.5) is 0 Å². The molecule has 2 atom stereocenters. The van der Waals surface area contributed by atoms with Crippen molar-refractivity contribution in [1.29, 1.82) is 0 Å². The van der Waals surface area contributed by atoms with Gasteiger partial charge in [0.1, 0.15) is 0 Å². The first-order valence-electron chi connectivity index (χ1n) is 7.20. The van der Waals surface area contributed by atoms with Crippen LogP contribution in [-0.4, -0.2) is 29.4 Å². The minimum Gasteiger partial charge on any atom is -0.300 e. The average molecular weight is 310 g/mol. The number of hydrogen-bond acceptors (Lipinski definition) is 1. The molecule has 18 heavy (non-hydrogen) atoms. The monoisotopic (exact) mass is 309 g/mol. The predicted octanol–water partition coefficient (Wildman–Crippen LogP) is 4.43. The Bertz CT molecular complexity index is 338. The quantitative estimate of drug-likeness (QED) is 0.727. The third-order valence-electron chi connectivity index (χ3n) is 4.13. The number of likely N-dealkylation sites (tertiary alicyclic amines) is 1. The summed E-state index contributed by atoms with van der Waals surface area (Å²) in [5, 5.41) is 1.06. The summed E-state index contributed by atoms with van der Waals surface area (Å²) >= 11 is 3.69. The predicted molar refractivity (Wildman–Crippen MR) is 82.5 cm³/mol. The number of piperidine rings is 1. The van der Waals surface area contributed by atoms with E-state index in [0.717, 1.165) is 11.4 Å². The van der Waals surface area contributed by atoms with Gasteiger partial charge in [0.05, 0.1) is 0 Å². The summed E-state index contributed by atoms with van der Waals surface area (Å²) in [5.41, 5.74) is 1.47. The highest BCUT2D eigenvalue weighted by Gasteiger charge is 2.23. The van der Waals surface area contributed by atoms with Crippen LogP contribution in [0.1, 0.15) is 44.1 Å². The van der Waals surface area contributed by atoms with Gasteiger partial charge in [-0.2, -0.15) is 0 Å². The van der Waals surface area contributed by atoms with Gasteiger partial charge in [-0.1, -0.05) is 59.6 Å². The van der Waals surface area contributed by atoms with E-state index in [1.165, 1.54) is 44.3 Å². The number of halogens is 1. The Morgan fingerprint density at radius 3 is 2.72 bits per heavy atom. The Labute approximate surface area is 120 Å². The van der Waals surface area contributed by atoms with Crippen molar-refractivity contribution >= 4 is 15.9 Å². The molecule has 2 unspecified atom stereocenters. The topological polar surface area (TPSA) is 3.24 Å². The molecule has 1 nitrogen and oxygen atoms in total. The van der Waals surface area contributed by atoms with Crippen molar-refractivity contribution in [3.05, 3.63) is 35.9 Å². The molecular weight excluding hydrogens is 286 g/mol. The van der Waals surface area contributed by atoms with Crippen molar-refractivity contribution in [2.45, 2.75) is 44.6 Å². The fraction of sp³-hybridized carbons (Fsp3) is 0.625. The lowest BCUT2D eigenvalue weighted by Crippen LogP contribution is -2.41. The molecule has 1 aromatic carbocycles. The van der Waals surface area contributed by atoms with Crippen LogP contribution in [0.25, 0.3) is 0 Å². The molecule has 1 heterocycles. The smallest absolute Gasteiger partial charge is 0.0112 e. The number of alkyl halides is 1. The molecule has 0 radical (unpaired) electrons. The molecule has 1 aliphatic heterocycles. The van der Waals surface area contributed by atoms with Gasteiger partial charge >= 0.3 is 0 Å². The Hall–Kier alpha value is -0.340. The van der Waals surface area contributed by atoms with E-state index in [1.807, 2.05) is 0 Å². The van der Waals surface area contributed by atoms with Gasteiger partial charge in [0, 0.05) is 23.8 Å². The zero-order valence-electron chi connectivity index (χ0n) is 11.3. The summed E-state index contributed by atoms with van der Waals surface area (Å²) in [6.07, 6.45) is 5.48. The molecule has 0 bridgehead atoms. The molecule has 0 spiro atoms. The third-order valence-corrected chi connectivity index (χ3v) is 4.91. The van der Waals surface area contributed by atoms with Crippen LogP contribution in [0.3, 0.4) is 0 Å². The lowest BCUT2D eigenvalue weighted by molar-refractivity contribution is 0.138. The van der Waals surface area contributed by atoms with E-state index < -0.39 is 0 Å². The molecule has 1 saturated heterocycles. The molecule has 1 aliphatic rings. The minimum atomic E-state index is 0.623. The molecule has 0 amide bonds. The van der Waals surface area contributed by atoms with E-state index >= 15 is 0 Å². The largest absolute Gasteiger partial charge is 0.300 e. The van der Waals surface area contributed by atoms with Crippen LogP contribution in [0.2, 0.25) is 0 Å². The second-order valence-corrected chi connectivity index (χ2v) is 5.96. The van der Waals surface area contributed by atoms with Crippen molar-refractivity contribution in [3.8, 4) is 0 Å². The normalized spacial score (nSPS) is 22.9. The maximum atomic E-state index is 3.69. The summed E-state index contributed by atoms with van der Waals surface area (Å²) < 4.78 is 0. The fourth-order valence-electron chi connectivity index (χ4n) is 3.01. The van der Waals surface area contributed by atoms with Crippen LogP contribution < -0.4 is 0 Å². The molecule has 0 aromatic heterocycles. The Kier molecular flexibility index (Phi) is 5.71. The third kappa shape index (κ3) is 3.58. The van der Waals surface area contributed by atoms with Crippen LogP contribution in [0.15, 0.2) is 30.3 Å². The van der Waals surface area contributed by atoms with Gasteiger partial charge < -0.3 is 0 Å². The van der Waals surface area contributed by atoms with Crippen LogP contribution >= 0.6 is 15.9 Å². The Morgan fingerprint density at radius 1 is 1.28 bits per heavy atom. The SMILES string of the molecule is CCC1CCCCN1CC(CBr)c1ccccc1. The first-order chi connectivity index (χ1) is 8.85. The van der Waals surface area contributed by atoms with Gasteiger partial charge in [-0.05, 0) is 31.4 Å². The summed E-state index contributed by atoms with van der Waals surface area (Å²) in [6, 6.07) is 11.7. The first kappa shape index (κ1) is 14.1. The van der Waals surface area contributed by atoms with Crippen molar-refractivity contribution in [2.24, 2.45) is 0 Å². The van der Waals surface area contributed by atoms with Gasteiger partial charge in [-0.3, -0.25) is 4.90 Å². The summed E-state index contributed by atoms with van der Waals surface area (Å²) in [5.74, 6) is 0.623. The fourth-order valence-corrected chi connectivity index (χ4v) is 3.59. The molecular formula is C16H24BrN. The van der Waals surface area contributed by atoms with Gasteiger partial charge in [0.15, 0.2) is 0 Å². The van der Waals surface area contributed by atoms with Gasteiger partial charge in [0.2, 0.25) is 0 Å². The Morgan fingerprint density at radius 2 is 2.06 bits per heavy atom. The molecule has 2 heteroatoms. The Balaban J connectivity index is 2.01. The van der Waals surface area contributed by atoms with E-state index in [9.17, 15) is 0 Å². The molecule has 100 valence electrons. The maximum absolute atomic E-state index is 3.69. The van der Waals surface area contributed by atoms with Gasteiger partial charge in [-0.25, -0.2) is 0 Å². The lowest BCUT2D eigenvalue weighted by Gasteiger charge is -2.37. The van der Waals surface area contributed by atoms with Crippen LogP contribution in [0.5, 0.6) is 0 Å². The van der Waals surface area contributed by atoms with Crippen molar-refractivity contribution in [2.75, 3.05) is 18.4 Å². The highest BCUT2D eigenvalue weighted by Crippen LogP contribution is 2.25. The molecule has 1 fully saturated rings. The first-order valence-corrected chi connectivity index (χ1v) is 8.32. The van der Waals surface area contributed by atoms with Crippen LogP contribution in [0, 0.1) is 0 Å². The van der Waals surface area contributed by atoms with Crippen molar-refractivity contribution in [3.63, 3.8) is 0 Å². The van der Waals surface area contributed by atoms with E-state index in [4.69, 9.17) is 0 Å². The number of benzene rings is 1. The highest BCUT2D eigenvalue weighted by atomic mass is 79.9. The number of nitrogens with zero attached hydrogens (tertiary/aromatic N) is 1. The molecule has 0 N–H and O–H groups in total. The molecule has 1 aromatic rings. The van der Waals surface area contributed by atoms with Gasteiger partial charge in [-0.15, -0.1) is 0 Å². The summed E-state index contributed by atoms with van der Waals surface area (Å²) in [7, 11) is 0. The average Bonchev–Trinajstić information content (AvgIpc) is 2.46. The minimum absolute atomic E-state index is 0.623. The van der Waals surface area contributed by atoms with E-state index in [1.54, 1.807) is 0 Å². The van der Waals surface area contributed by atoms with Crippen molar-refractivity contribution in [1.82, 2.24) is 4.90 Å². The highest BCUT2D eigenvalue weighted by molar-refractivity contribution is 9.09. The zero-order chi connectivity index (χ0) is 12.8. The molecule has 2 rings (SSSR count). The van der Waals surface area contributed by atoms with Crippen molar-refractivity contribution < 1.29 is 0 Å². The number of hydrogen-bond donors (Lipinski definition) is 0. The number of rotatable bonds is 5. The second kappa shape index (κ2) is 7.30. The van der Waals surface area contributed by atoms with E-state index in [-0.39, 0.29) is 0 Å². The summed E-state index contributed by atoms with van der Waals surface area (Å²) in [4.78, 5) is 2.71. The standard InChI is InChI=1S/C16H24BrN/c1-2-16-10-6-7-11-18(16)13-15(12-17)14-8-4-3-5-9-14/h3-5,8-9,15-16H,2,6-7,10-13H2,1H3. The van der Waals surface area contributed by atoms with E-state index in [0.29, 0.717) is 5.92 Å². The lowest BCUT2D eigenvalue weighted by atomic mass is 9.95. The van der Waals surface area contributed by atoms with E-state index in [2.05, 4.69) is 58.1 Å². The van der Waals surface area contributed by atoms with Gasteiger partial charge in [0.25, 0.3) is 0 Å². The van der Waals surface area contributed by atoms with Crippen LogP contribution in [-0.2, 0) is 0 Å².